The third kappa shape index (κ3) is 3.55. The van der Waals surface area contributed by atoms with Gasteiger partial charge in [-0.3, -0.25) is 9.59 Å². The molecule has 0 atom stereocenters. The smallest absolute Gasteiger partial charge is 0.309 e. The number of ketones is 1. The van der Waals surface area contributed by atoms with E-state index in [1.165, 1.54) is 17.8 Å². The Labute approximate surface area is 152 Å². The zero-order chi connectivity index (χ0) is 19.8. The van der Waals surface area contributed by atoms with Crippen molar-refractivity contribution < 1.29 is 22.7 Å². The standard InChI is InChI=1S/C18H22N2O5S/c1-7-20-18(25-13(5)21)15(9-19-20)16(22)14-8-10(2)17(26(6,23)24)12(4)11(14)3/h8-9H,7H2,1-6H3. The van der Waals surface area contributed by atoms with Crippen LogP contribution in [-0.2, 0) is 21.2 Å². The van der Waals surface area contributed by atoms with Gasteiger partial charge >= 0.3 is 5.97 Å². The summed E-state index contributed by atoms with van der Waals surface area (Å²) in [6.07, 6.45) is 2.51. The largest absolute Gasteiger partial charge is 0.407 e. The first-order valence-corrected chi connectivity index (χ1v) is 9.97. The first-order valence-electron chi connectivity index (χ1n) is 8.08. The van der Waals surface area contributed by atoms with Crippen molar-refractivity contribution in [1.82, 2.24) is 9.78 Å². The SMILES string of the molecule is CCn1ncc(C(=O)c2cc(C)c(S(C)(=O)=O)c(C)c2C)c1OC(C)=O. The summed E-state index contributed by atoms with van der Waals surface area (Å²) in [5, 5.41) is 4.09. The zero-order valence-corrected chi connectivity index (χ0v) is 16.5. The first kappa shape index (κ1) is 19.8. The van der Waals surface area contributed by atoms with Gasteiger partial charge in [-0.25, -0.2) is 13.1 Å². The van der Waals surface area contributed by atoms with Crippen molar-refractivity contribution in [3.05, 3.63) is 40.1 Å². The van der Waals surface area contributed by atoms with E-state index in [0.717, 1.165) is 6.26 Å². The lowest BCUT2D eigenvalue weighted by Crippen LogP contribution is -2.13. The van der Waals surface area contributed by atoms with Crippen LogP contribution in [0, 0.1) is 20.8 Å². The monoisotopic (exact) mass is 378 g/mol. The molecule has 8 heteroatoms. The Hall–Kier alpha value is -2.48. The van der Waals surface area contributed by atoms with Gasteiger partial charge in [0.2, 0.25) is 5.88 Å². The molecule has 0 saturated carbocycles. The number of carbonyl (C=O) groups is 2. The minimum atomic E-state index is -3.41. The molecule has 0 N–H and O–H groups in total. The molecular weight excluding hydrogens is 356 g/mol. The Balaban J connectivity index is 2.66. The van der Waals surface area contributed by atoms with Gasteiger partial charge in [-0.2, -0.15) is 5.10 Å². The summed E-state index contributed by atoms with van der Waals surface area (Å²) in [5.74, 6) is -0.831. The molecule has 0 aliphatic rings. The van der Waals surface area contributed by atoms with Crippen molar-refractivity contribution in [2.75, 3.05) is 6.26 Å². The summed E-state index contributed by atoms with van der Waals surface area (Å²) in [6.45, 7) is 8.53. The Morgan fingerprint density at radius 3 is 2.27 bits per heavy atom. The molecule has 0 aliphatic heterocycles. The topological polar surface area (TPSA) is 95.3 Å². The maximum atomic E-state index is 13.1. The van der Waals surface area contributed by atoms with Crippen LogP contribution in [0.1, 0.15) is 46.5 Å². The van der Waals surface area contributed by atoms with Gasteiger partial charge in [0.05, 0.1) is 11.1 Å². The molecule has 1 heterocycles. The van der Waals surface area contributed by atoms with E-state index in [-0.39, 0.29) is 22.1 Å². The third-order valence-electron chi connectivity index (χ3n) is 4.22. The average Bonchev–Trinajstić information content (AvgIpc) is 2.90. The highest BCUT2D eigenvalue weighted by atomic mass is 32.2. The molecule has 0 spiro atoms. The van der Waals surface area contributed by atoms with Crippen LogP contribution in [0.5, 0.6) is 5.88 Å². The van der Waals surface area contributed by atoms with Gasteiger partial charge in [-0.05, 0) is 50.5 Å². The van der Waals surface area contributed by atoms with E-state index in [4.69, 9.17) is 4.74 Å². The number of nitrogens with zero attached hydrogens (tertiary/aromatic N) is 2. The second kappa shape index (κ2) is 7.03. The third-order valence-corrected chi connectivity index (χ3v) is 5.59. The molecule has 0 amide bonds. The zero-order valence-electron chi connectivity index (χ0n) is 15.7. The van der Waals surface area contributed by atoms with Gasteiger partial charge in [0.25, 0.3) is 0 Å². The molecule has 0 bridgehead atoms. The number of benzene rings is 1. The van der Waals surface area contributed by atoms with Crippen molar-refractivity contribution in [2.24, 2.45) is 0 Å². The molecule has 26 heavy (non-hydrogen) atoms. The van der Waals surface area contributed by atoms with Crippen molar-refractivity contribution in [3.8, 4) is 5.88 Å². The maximum absolute atomic E-state index is 13.1. The summed E-state index contributed by atoms with van der Waals surface area (Å²) in [7, 11) is -3.41. The number of esters is 1. The molecule has 1 aromatic heterocycles. The second-order valence-corrected chi connectivity index (χ2v) is 8.15. The van der Waals surface area contributed by atoms with Crippen LogP contribution < -0.4 is 4.74 Å². The normalized spacial score (nSPS) is 11.5. The number of ether oxygens (including phenoxy) is 1. The molecule has 7 nitrogen and oxygen atoms in total. The highest BCUT2D eigenvalue weighted by molar-refractivity contribution is 7.90. The van der Waals surface area contributed by atoms with E-state index in [0.29, 0.717) is 28.8 Å². The van der Waals surface area contributed by atoms with E-state index >= 15 is 0 Å². The summed E-state index contributed by atoms with van der Waals surface area (Å²) in [4.78, 5) is 24.7. The lowest BCUT2D eigenvalue weighted by Gasteiger charge is -2.15. The van der Waals surface area contributed by atoms with E-state index in [2.05, 4.69) is 5.10 Å². The first-order chi connectivity index (χ1) is 12.0. The van der Waals surface area contributed by atoms with Crippen LogP contribution in [0.3, 0.4) is 0 Å². The summed E-state index contributed by atoms with van der Waals surface area (Å²) < 4.78 is 30.7. The van der Waals surface area contributed by atoms with Gasteiger partial charge in [-0.1, -0.05) is 0 Å². The summed E-state index contributed by atoms with van der Waals surface area (Å²) in [6, 6.07) is 1.56. The van der Waals surface area contributed by atoms with Gasteiger partial charge in [0.1, 0.15) is 5.56 Å². The number of aromatic nitrogens is 2. The molecule has 2 aromatic rings. The van der Waals surface area contributed by atoms with Crippen molar-refractivity contribution in [2.45, 2.75) is 46.1 Å². The molecule has 0 unspecified atom stereocenters. The van der Waals surface area contributed by atoms with Crippen LogP contribution >= 0.6 is 0 Å². The van der Waals surface area contributed by atoms with E-state index < -0.39 is 15.8 Å². The Bertz CT molecular complexity index is 1000. The van der Waals surface area contributed by atoms with Crippen molar-refractivity contribution in [3.63, 3.8) is 0 Å². The van der Waals surface area contributed by atoms with E-state index in [9.17, 15) is 18.0 Å². The molecule has 0 fully saturated rings. The molecule has 140 valence electrons. The number of hydrogen-bond acceptors (Lipinski definition) is 6. The van der Waals surface area contributed by atoms with Crippen LogP contribution in [0.25, 0.3) is 0 Å². The summed E-state index contributed by atoms with van der Waals surface area (Å²) in [5.41, 5.74) is 2.12. The van der Waals surface area contributed by atoms with E-state index in [1.807, 2.05) is 6.92 Å². The predicted molar refractivity (Wildman–Crippen MR) is 96.4 cm³/mol. The molecular formula is C18H22N2O5S. The number of rotatable bonds is 5. The van der Waals surface area contributed by atoms with Gasteiger partial charge in [-0.15, -0.1) is 0 Å². The molecule has 0 aliphatic carbocycles. The minimum Gasteiger partial charge on any atom is -0.407 e. The lowest BCUT2D eigenvalue weighted by atomic mass is 9.95. The molecule has 0 saturated heterocycles. The fourth-order valence-corrected chi connectivity index (χ4v) is 4.36. The second-order valence-electron chi connectivity index (χ2n) is 6.19. The van der Waals surface area contributed by atoms with Crippen molar-refractivity contribution in [1.29, 1.82) is 0 Å². The number of carbonyl (C=O) groups excluding carboxylic acids is 2. The number of sulfone groups is 1. The fourth-order valence-electron chi connectivity index (χ4n) is 3.01. The highest BCUT2D eigenvalue weighted by Crippen LogP contribution is 2.30. The fraction of sp³-hybridized carbons (Fsp3) is 0.389. The van der Waals surface area contributed by atoms with Crippen LogP contribution in [0.15, 0.2) is 17.2 Å². The molecule has 2 rings (SSSR count). The van der Waals surface area contributed by atoms with Gasteiger partial charge in [0.15, 0.2) is 15.6 Å². The molecule has 1 aromatic carbocycles. The van der Waals surface area contributed by atoms with Crippen LogP contribution in [0.2, 0.25) is 0 Å². The Kier molecular flexibility index (Phi) is 5.36. The van der Waals surface area contributed by atoms with Gasteiger partial charge in [0, 0.05) is 25.3 Å². The Morgan fingerprint density at radius 2 is 1.77 bits per heavy atom. The van der Waals surface area contributed by atoms with Crippen LogP contribution in [0.4, 0.5) is 0 Å². The minimum absolute atomic E-state index is 0.0897. The summed E-state index contributed by atoms with van der Waals surface area (Å²) >= 11 is 0. The average molecular weight is 378 g/mol. The molecule has 0 radical (unpaired) electrons. The van der Waals surface area contributed by atoms with E-state index in [1.54, 1.807) is 26.8 Å². The number of aryl methyl sites for hydroxylation is 2. The highest BCUT2D eigenvalue weighted by Gasteiger charge is 2.26. The number of hydrogen-bond donors (Lipinski definition) is 0. The maximum Gasteiger partial charge on any atom is 0.309 e. The Morgan fingerprint density at radius 1 is 1.15 bits per heavy atom. The van der Waals surface area contributed by atoms with Crippen molar-refractivity contribution >= 4 is 21.6 Å². The predicted octanol–water partition coefficient (Wildman–Crippen LogP) is 2.39. The van der Waals surface area contributed by atoms with Crippen LogP contribution in [-0.4, -0.2) is 36.2 Å². The lowest BCUT2D eigenvalue weighted by molar-refractivity contribution is -0.132. The van der Waals surface area contributed by atoms with Gasteiger partial charge < -0.3 is 4.74 Å². The quantitative estimate of drug-likeness (QED) is 0.586.